The van der Waals surface area contributed by atoms with Gasteiger partial charge in [-0.25, -0.2) is 27.2 Å². The molecule has 0 atom stereocenters. The Morgan fingerprint density at radius 2 is 1.88 bits per heavy atom. The molecule has 5 rings (SSSR count). The maximum atomic E-state index is 14.2. The monoisotopic (exact) mass is 499 g/mol. The van der Waals surface area contributed by atoms with Crippen LogP contribution in [-0.2, 0) is 22.9 Å². The SMILES string of the molecule is Nc1nc2c(c(-c3cccnc3)n1)-c1cc(NS(=O)(=O)c3ccc(F)cc3F)c(Cl)cc1CC2. The predicted octanol–water partition coefficient (Wildman–Crippen LogP) is 4.62. The molecule has 0 spiro atoms. The summed E-state index contributed by atoms with van der Waals surface area (Å²) in [6.07, 6.45) is 4.47. The third-order valence-corrected chi connectivity index (χ3v) is 7.17. The van der Waals surface area contributed by atoms with Crippen molar-refractivity contribution in [3.63, 3.8) is 0 Å². The highest BCUT2D eigenvalue weighted by Crippen LogP contribution is 2.42. The first-order valence-electron chi connectivity index (χ1n) is 10.1. The zero-order chi connectivity index (χ0) is 24.0. The minimum absolute atomic E-state index is 0.0333. The summed E-state index contributed by atoms with van der Waals surface area (Å²) < 4.78 is 55.4. The van der Waals surface area contributed by atoms with Crippen LogP contribution in [0, 0.1) is 11.6 Å². The molecule has 0 amide bonds. The van der Waals surface area contributed by atoms with Crippen molar-refractivity contribution in [2.75, 3.05) is 10.5 Å². The molecule has 0 unspecified atom stereocenters. The number of aromatic nitrogens is 3. The number of benzene rings is 2. The van der Waals surface area contributed by atoms with E-state index in [0.29, 0.717) is 47.0 Å². The van der Waals surface area contributed by atoms with Crippen molar-refractivity contribution in [1.29, 1.82) is 0 Å². The fraction of sp³-hybridized carbons (Fsp3) is 0.0870. The summed E-state index contributed by atoms with van der Waals surface area (Å²) in [5, 5.41) is 0.132. The molecule has 2 heterocycles. The third-order valence-electron chi connectivity index (χ3n) is 5.46. The molecule has 2 aromatic carbocycles. The summed E-state index contributed by atoms with van der Waals surface area (Å²) in [5.41, 5.74) is 10.2. The van der Waals surface area contributed by atoms with Crippen molar-refractivity contribution in [1.82, 2.24) is 15.0 Å². The molecule has 0 saturated heterocycles. The average molecular weight is 500 g/mol. The van der Waals surface area contributed by atoms with E-state index in [1.165, 1.54) is 0 Å². The van der Waals surface area contributed by atoms with E-state index in [2.05, 4.69) is 19.7 Å². The zero-order valence-corrected chi connectivity index (χ0v) is 19.0. The normalized spacial score (nSPS) is 12.7. The Morgan fingerprint density at radius 3 is 2.62 bits per heavy atom. The first kappa shape index (κ1) is 22.2. The van der Waals surface area contributed by atoms with Crippen LogP contribution in [0.4, 0.5) is 20.4 Å². The second kappa shape index (κ2) is 8.30. The lowest BCUT2D eigenvalue weighted by Crippen LogP contribution is -2.16. The van der Waals surface area contributed by atoms with E-state index >= 15 is 0 Å². The van der Waals surface area contributed by atoms with Crippen molar-refractivity contribution in [3.8, 4) is 22.4 Å². The molecule has 4 aromatic rings. The third kappa shape index (κ3) is 3.95. The molecular formula is C23H16ClF2N5O2S. The van der Waals surface area contributed by atoms with Crippen LogP contribution in [0.15, 0.2) is 59.8 Å². The Labute approximate surface area is 198 Å². The largest absolute Gasteiger partial charge is 0.368 e. The van der Waals surface area contributed by atoms with Gasteiger partial charge >= 0.3 is 0 Å². The topological polar surface area (TPSA) is 111 Å². The molecule has 7 nitrogen and oxygen atoms in total. The molecule has 0 fully saturated rings. The summed E-state index contributed by atoms with van der Waals surface area (Å²) in [4.78, 5) is 12.3. The van der Waals surface area contributed by atoms with Gasteiger partial charge in [0.2, 0.25) is 5.95 Å². The first-order valence-corrected chi connectivity index (χ1v) is 12.0. The zero-order valence-electron chi connectivity index (χ0n) is 17.4. The van der Waals surface area contributed by atoms with Gasteiger partial charge < -0.3 is 5.73 Å². The van der Waals surface area contributed by atoms with Crippen LogP contribution < -0.4 is 10.5 Å². The van der Waals surface area contributed by atoms with Crippen LogP contribution in [0.1, 0.15) is 11.3 Å². The van der Waals surface area contributed by atoms with E-state index < -0.39 is 26.6 Å². The van der Waals surface area contributed by atoms with E-state index in [1.54, 1.807) is 30.6 Å². The van der Waals surface area contributed by atoms with E-state index in [-0.39, 0.29) is 16.7 Å². The number of hydrogen-bond acceptors (Lipinski definition) is 6. The summed E-state index contributed by atoms with van der Waals surface area (Å²) in [6, 6.07) is 9.04. The van der Waals surface area contributed by atoms with Crippen LogP contribution >= 0.6 is 11.6 Å². The molecule has 11 heteroatoms. The minimum Gasteiger partial charge on any atom is -0.368 e. The molecule has 2 aromatic heterocycles. The molecule has 1 aliphatic carbocycles. The van der Waals surface area contributed by atoms with E-state index in [9.17, 15) is 17.2 Å². The minimum atomic E-state index is -4.39. The van der Waals surface area contributed by atoms with Crippen molar-refractivity contribution in [3.05, 3.63) is 82.8 Å². The van der Waals surface area contributed by atoms with E-state index in [4.69, 9.17) is 17.3 Å². The number of sulfonamides is 1. The van der Waals surface area contributed by atoms with Crippen molar-refractivity contribution >= 4 is 33.3 Å². The predicted molar refractivity (Wildman–Crippen MR) is 125 cm³/mol. The fourth-order valence-electron chi connectivity index (χ4n) is 3.98. The van der Waals surface area contributed by atoms with Crippen LogP contribution in [0.25, 0.3) is 22.4 Å². The highest BCUT2D eigenvalue weighted by atomic mass is 35.5. The number of pyridine rings is 1. The number of nitrogens with one attached hydrogen (secondary N) is 1. The summed E-state index contributed by atoms with van der Waals surface area (Å²) in [6.45, 7) is 0. The van der Waals surface area contributed by atoms with Crippen LogP contribution in [0.3, 0.4) is 0 Å². The highest BCUT2D eigenvalue weighted by molar-refractivity contribution is 7.92. The quantitative estimate of drug-likeness (QED) is 0.424. The number of anilines is 2. The summed E-state index contributed by atoms with van der Waals surface area (Å²) >= 11 is 6.39. The molecule has 0 aliphatic heterocycles. The van der Waals surface area contributed by atoms with Crippen LogP contribution in [0.2, 0.25) is 5.02 Å². The second-order valence-corrected chi connectivity index (χ2v) is 9.72. The maximum absolute atomic E-state index is 14.2. The number of fused-ring (bicyclic) bond motifs is 3. The first-order chi connectivity index (χ1) is 16.2. The van der Waals surface area contributed by atoms with Crippen LogP contribution in [-0.4, -0.2) is 23.4 Å². The van der Waals surface area contributed by atoms with Gasteiger partial charge in [-0.1, -0.05) is 11.6 Å². The van der Waals surface area contributed by atoms with Gasteiger partial charge in [0.1, 0.15) is 16.5 Å². The van der Waals surface area contributed by atoms with Crippen LogP contribution in [0.5, 0.6) is 0 Å². The van der Waals surface area contributed by atoms with Gasteiger partial charge in [-0.05, 0) is 60.4 Å². The lowest BCUT2D eigenvalue weighted by atomic mass is 9.86. The smallest absolute Gasteiger partial charge is 0.264 e. The van der Waals surface area contributed by atoms with Gasteiger partial charge in [0.25, 0.3) is 10.0 Å². The van der Waals surface area contributed by atoms with Gasteiger partial charge in [-0.3, -0.25) is 9.71 Å². The number of aryl methyl sites for hydroxylation is 2. The van der Waals surface area contributed by atoms with Gasteiger partial charge in [0.15, 0.2) is 0 Å². The maximum Gasteiger partial charge on any atom is 0.264 e. The van der Waals surface area contributed by atoms with E-state index in [0.717, 1.165) is 17.7 Å². The van der Waals surface area contributed by atoms with Crippen molar-refractivity contribution < 1.29 is 17.2 Å². The lowest BCUT2D eigenvalue weighted by Gasteiger charge is -2.23. The van der Waals surface area contributed by atoms with Gasteiger partial charge in [0, 0.05) is 29.6 Å². The Hall–Kier alpha value is -3.63. The molecule has 34 heavy (non-hydrogen) atoms. The molecule has 172 valence electrons. The van der Waals surface area contributed by atoms with Crippen molar-refractivity contribution in [2.45, 2.75) is 17.7 Å². The molecule has 0 bridgehead atoms. The molecular weight excluding hydrogens is 484 g/mol. The highest BCUT2D eigenvalue weighted by Gasteiger charge is 2.27. The van der Waals surface area contributed by atoms with E-state index in [1.807, 2.05) is 6.07 Å². The number of nitrogen functional groups attached to an aromatic ring is 1. The number of nitrogens with two attached hydrogens (primary N) is 1. The van der Waals surface area contributed by atoms with Gasteiger partial charge in [0.05, 0.1) is 22.1 Å². The molecule has 3 N–H and O–H groups in total. The fourth-order valence-corrected chi connectivity index (χ4v) is 5.40. The Morgan fingerprint density at radius 1 is 1.06 bits per heavy atom. The Bertz CT molecular complexity index is 1550. The number of hydrogen-bond donors (Lipinski definition) is 2. The lowest BCUT2D eigenvalue weighted by molar-refractivity contribution is 0.551. The Balaban J connectivity index is 1.65. The standard InChI is InChI=1S/C23H16ClF2N5O2S/c24-16-8-12-3-5-18-21(22(30-23(27)29-18)13-2-1-7-28-11-13)15(12)10-19(16)31-34(32,33)20-6-4-14(25)9-17(20)26/h1-2,4,6-11,31H,3,5H2,(H2,27,29,30). The van der Waals surface area contributed by atoms with Crippen molar-refractivity contribution in [2.24, 2.45) is 0 Å². The average Bonchev–Trinajstić information content (AvgIpc) is 2.79. The molecule has 0 saturated carbocycles. The van der Waals surface area contributed by atoms with Gasteiger partial charge in [-0.2, -0.15) is 0 Å². The Kier molecular flexibility index (Phi) is 5.41. The number of rotatable bonds is 4. The van der Waals surface area contributed by atoms with Gasteiger partial charge in [-0.15, -0.1) is 0 Å². The summed E-state index contributed by atoms with van der Waals surface area (Å²) in [7, 11) is -4.39. The summed E-state index contributed by atoms with van der Waals surface area (Å²) in [5.74, 6) is -1.99. The number of nitrogens with zero attached hydrogens (tertiary/aromatic N) is 3. The number of halogens is 3. The molecule has 1 aliphatic rings. The molecule has 0 radical (unpaired) electrons. The second-order valence-electron chi connectivity index (χ2n) is 7.66.